The van der Waals surface area contributed by atoms with Gasteiger partial charge in [0.2, 0.25) is 0 Å². The molecule has 0 spiro atoms. The second kappa shape index (κ2) is 7.55. The van der Waals surface area contributed by atoms with Gasteiger partial charge in [-0.3, -0.25) is 9.88 Å². The van der Waals surface area contributed by atoms with Gasteiger partial charge in [-0.15, -0.1) is 0 Å². The van der Waals surface area contributed by atoms with E-state index in [1.165, 1.54) is 5.56 Å². The van der Waals surface area contributed by atoms with E-state index in [-0.39, 0.29) is 0 Å². The van der Waals surface area contributed by atoms with Crippen LogP contribution in [-0.4, -0.2) is 23.0 Å². The van der Waals surface area contributed by atoms with Gasteiger partial charge in [-0.1, -0.05) is 12.1 Å². The molecule has 1 fully saturated rings. The number of furan rings is 1. The van der Waals surface area contributed by atoms with E-state index in [2.05, 4.69) is 28.1 Å². The second-order valence-corrected chi connectivity index (χ2v) is 6.75. The largest absolute Gasteiger partial charge is 0.460 e. The van der Waals surface area contributed by atoms with E-state index in [9.17, 15) is 5.26 Å². The first-order valence-corrected chi connectivity index (χ1v) is 9.04. The van der Waals surface area contributed by atoms with Crippen molar-refractivity contribution in [3.05, 3.63) is 77.8 Å². The van der Waals surface area contributed by atoms with Crippen LogP contribution >= 0.6 is 0 Å². The maximum absolute atomic E-state index is 9.26. The summed E-state index contributed by atoms with van der Waals surface area (Å²) in [5, 5.41) is 9.26. The van der Waals surface area contributed by atoms with Crippen molar-refractivity contribution in [2.24, 2.45) is 0 Å². The molecule has 0 aliphatic carbocycles. The summed E-state index contributed by atoms with van der Waals surface area (Å²) in [5.74, 6) is 2.35. The van der Waals surface area contributed by atoms with Crippen LogP contribution in [0.5, 0.6) is 0 Å². The van der Waals surface area contributed by atoms with Crippen molar-refractivity contribution in [3.8, 4) is 17.4 Å². The van der Waals surface area contributed by atoms with Crippen LogP contribution in [0, 0.1) is 11.3 Å². The molecule has 1 saturated heterocycles. The molecule has 0 amide bonds. The molecule has 1 aliphatic rings. The van der Waals surface area contributed by atoms with Crippen molar-refractivity contribution in [1.82, 2.24) is 9.88 Å². The van der Waals surface area contributed by atoms with Crippen LogP contribution in [0.1, 0.15) is 35.6 Å². The lowest BCUT2D eigenvalue weighted by molar-refractivity contribution is 0.191. The summed E-state index contributed by atoms with van der Waals surface area (Å²) in [6.45, 7) is 2.95. The first kappa shape index (κ1) is 16.6. The molecule has 0 unspecified atom stereocenters. The summed E-state index contributed by atoms with van der Waals surface area (Å²) >= 11 is 0. The zero-order valence-corrected chi connectivity index (χ0v) is 14.6. The van der Waals surface area contributed by atoms with Gasteiger partial charge in [-0.05, 0) is 73.8 Å². The Kier molecular flexibility index (Phi) is 4.81. The van der Waals surface area contributed by atoms with E-state index in [0.29, 0.717) is 11.5 Å². The number of hydrogen-bond acceptors (Lipinski definition) is 4. The third kappa shape index (κ3) is 3.54. The third-order valence-electron chi connectivity index (χ3n) is 5.12. The van der Waals surface area contributed by atoms with Gasteiger partial charge in [0.1, 0.15) is 11.5 Å². The highest BCUT2D eigenvalue weighted by Crippen LogP contribution is 2.30. The highest BCUT2D eigenvalue weighted by atomic mass is 16.3. The van der Waals surface area contributed by atoms with E-state index < -0.39 is 0 Å². The Hall–Kier alpha value is -2.90. The standard InChI is InChI=1S/C22H21N3O/c23-15-19-3-1-2-4-21(19)22-6-5-20(26-22)16-25-13-9-18(10-14-25)17-7-11-24-12-8-17/h1-8,11-12,18H,9-10,13-14,16H2. The lowest BCUT2D eigenvalue weighted by Crippen LogP contribution is -2.32. The van der Waals surface area contributed by atoms with Gasteiger partial charge in [0, 0.05) is 18.0 Å². The van der Waals surface area contributed by atoms with E-state index in [1.54, 1.807) is 0 Å². The van der Waals surface area contributed by atoms with Crippen molar-refractivity contribution in [2.75, 3.05) is 13.1 Å². The van der Waals surface area contributed by atoms with E-state index in [0.717, 1.165) is 49.6 Å². The van der Waals surface area contributed by atoms with Crippen LogP contribution in [0.4, 0.5) is 0 Å². The summed E-state index contributed by atoms with van der Waals surface area (Å²) in [6.07, 6.45) is 6.08. The number of rotatable bonds is 4. The summed E-state index contributed by atoms with van der Waals surface area (Å²) in [5.41, 5.74) is 2.90. The Bertz CT molecular complexity index is 902. The smallest absolute Gasteiger partial charge is 0.135 e. The maximum atomic E-state index is 9.26. The molecule has 0 N–H and O–H groups in total. The number of likely N-dealkylation sites (tertiary alicyclic amines) is 1. The fourth-order valence-corrected chi connectivity index (χ4v) is 3.68. The van der Waals surface area contributed by atoms with Crippen molar-refractivity contribution in [1.29, 1.82) is 5.26 Å². The molecule has 0 atom stereocenters. The average Bonchev–Trinajstić information content (AvgIpc) is 3.17. The highest BCUT2D eigenvalue weighted by Gasteiger charge is 2.21. The van der Waals surface area contributed by atoms with Crippen molar-refractivity contribution >= 4 is 0 Å². The highest BCUT2D eigenvalue weighted by molar-refractivity contribution is 5.66. The SMILES string of the molecule is N#Cc1ccccc1-c1ccc(CN2CCC(c3ccncc3)CC2)o1. The minimum atomic E-state index is 0.629. The predicted molar refractivity (Wildman–Crippen MR) is 100 cm³/mol. The molecule has 130 valence electrons. The van der Waals surface area contributed by atoms with Crippen LogP contribution < -0.4 is 0 Å². The predicted octanol–water partition coefficient (Wildman–Crippen LogP) is 4.59. The number of hydrogen-bond donors (Lipinski definition) is 0. The molecule has 2 aromatic heterocycles. The average molecular weight is 343 g/mol. The molecule has 4 rings (SSSR count). The van der Waals surface area contributed by atoms with E-state index in [4.69, 9.17) is 4.42 Å². The van der Waals surface area contributed by atoms with Crippen LogP contribution in [-0.2, 0) is 6.54 Å². The van der Waals surface area contributed by atoms with Crippen molar-refractivity contribution < 1.29 is 4.42 Å². The maximum Gasteiger partial charge on any atom is 0.135 e. The molecule has 4 heteroatoms. The van der Waals surface area contributed by atoms with E-state index in [1.807, 2.05) is 48.8 Å². The van der Waals surface area contributed by atoms with Gasteiger partial charge in [-0.2, -0.15) is 5.26 Å². The first-order valence-electron chi connectivity index (χ1n) is 9.04. The molecule has 4 nitrogen and oxygen atoms in total. The van der Waals surface area contributed by atoms with Gasteiger partial charge in [0.25, 0.3) is 0 Å². The number of aromatic nitrogens is 1. The van der Waals surface area contributed by atoms with E-state index >= 15 is 0 Å². The Balaban J connectivity index is 1.39. The Morgan fingerprint density at radius 1 is 1.04 bits per heavy atom. The summed E-state index contributed by atoms with van der Waals surface area (Å²) in [7, 11) is 0. The van der Waals surface area contributed by atoms with Crippen molar-refractivity contribution in [3.63, 3.8) is 0 Å². The summed E-state index contributed by atoms with van der Waals surface area (Å²) < 4.78 is 6.03. The molecule has 0 saturated carbocycles. The molecule has 0 radical (unpaired) electrons. The molecule has 3 heterocycles. The number of piperidine rings is 1. The molecule has 26 heavy (non-hydrogen) atoms. The molecule has 1 aliphatic heterocycles. The normalized spacial score (nSPS) is 15.7. The van der Waals surface area contributed by atoms with Crippen LogP contribution in [0.2, 0.25) is 0 Å². The summed E-state index contributed by atoms with van der Waals surface area (Å²) in [4.78, 5) is 6.55. The van der Waals surface area contributed by atoms with Gasteiger partial charge in [0.15, 0.2) is 0 Å². The zero-order valence-electron chi connectivity index (χ0n) is 14.6. The minimum absolute atomic E-state index is 0.629. The number of pyridine rings is 1. The van der Waals surface area contributed by atoms with Gasteiger partial charge in [0.05, 0.1) is 18.2 Å². The van der Waals surface area contributed by atoms with Crippen LogP contribution in [0.25, 0.3) is 11.3 Å². The van der Waals surface area contributed by atoms with Gasteiger partial charge < -0.3 is 4.42 Å². The molecule has 0 bridgehead atoms. The topological polar surface area (TPSA) is 53.1 Å². The van der Waals surface area contributed by atoms with Gasteiger partial charge in [-0.25, -0.2) is 0 Å². The second-order valence-electron chi connectivity index (χ2n) is 6.75. The molecule has 1 aromatic carbocycles. The fourth-order valence-electron chi connectivity index (χ4n) is 3.68. The number of nitrogens with zero attached hydrogens (tertiary/aromatic N) is 3. The molecule has 3 aromatic rings. The number of nitriles is 1. The lowest BCUT2D eigenvalue weighted by Gasteiger charge is -2.31. The van der Waals surface area contributed by atoms with Crippen LogP contribution in [0.15, 0.2) is 65.3 Å². The first-order chi connectivity index (χ1) is 12.8. The quantitative estimate of drug-likeness (QED) is 0.695. The van der Waals surface area contributed by atoms with Crippen molar-refractivity contribution in [2.45, 2.75) is 25.3 Å². The summed E-state index contributed by atoms with van der Waals surface area (Å²) in [6, 6.07) is 18.0. The van der Waals surface area contributed by atoms with Crippen LogP contribution in [0.3, 0.4) is 0 Å². The molecular weight excluding hydrogens is 322 g/mol. The minimum Gasteiger partial charge on any atom is -0.460 e. The van der Waals surface area contributed by atoms with Gasteiger partial charge >= 0.3 is 0 Å². The zero-order chi connectivity index (χ0) is 17.8. The Morgan fingerprint density at radius 2 is 1.81 bits per heavy atom. The monoisotopic (exact) mass is 343 g/mol. The fraction of sp³-hybridized carbons (Fsp3) is 0.273. The Morgan fingerprint density at radius 3 is 2.58 bits per heavy atom. The molecular formula is C22H21N3O. The lowest BCUT2D eigenvalue weighted by atomic mass is 9.90. The third-order valence-corrected chi connectivity index (χ3v) is 5.12. The Labute approximate surface area is 153 Å². The number of benzene rings is 1.